The van der Waals surface area contributed by atoms with Crippen molar-refractivity contribution in [3.63, 3.8) is 0 Å². The molecule has 1 amide bonds. The van der Waals surface area contributed by atoms with Crippen molar-refractivity contribution >= 4 is 11.9 Å². The minimum Gasteiger partial charge on any atom is -0.463 e. The molecule has 1 atom stereocenters. The largest absolute Gasteiger partial charge is 0.463 e. The minimum absolute atomic E-state index is 0.0621. The first-order chi connectivity index (χ1) is 11.2. The SMILES string of the molecule is C=CCCC(=O)N[C@H](COC(=O)CCC=C)Cc1ccccc1. The highest BCUT2D eigenvalue weighted by molar-refractivity contribution is 5.76. The van der Waals surface area contributed by atoms with Crippen LogP contribution in [0.5, 0.6) is 0 Å². The zero-order chi connectivity index (χ0) is 16.9. The lowest BCUT2D eigenvalue weighted by atomic mass is 10.1. The predicted molar refractivity (Wildman–Crippen MR) is 91.9 cm³/mol. The average molecular weight is 315 g/mol. The van der Waals surface area contributed by atoms with Gasteiger partial charge in [-0.2, -0.15) is 0 Å². The summed E-state index contributed by atoms with van der Waals surface area (Å²) in [5.41, 5.74) is 1.09. The molecule has 1 rings (SSSR count). The molecule has 0 bridgehead atoms. The summed E-state index contributed by atoms with van der Waals surface area (Å²) in [4.78, 5) is 23.5. The number of benzene rings is 1. The number of esters is 1. The molecule has 1 aromatic carbocycles. The lowest BCUT2D eigenvalue weighted by Gasteiger charge is -2.19. The van der Waals surface area contributed by atoms with Gasteiger partial charge in [0.1, 0.15) is 6.61 Å². The van der Waals surface area contributed by atoms with Crippen LogP contribution in [0.2, 0.25) is 0 Å². The highest BCUT2D eigenvalue weighted by Gasteiger charge is 2.15. The molecular weight excluding hydrogens is 290 g/mol. The van der Waals surface area contributed by atoms with Gasteiger partial charge >= 0.3 is 5.97 Å². The Morgan fingerprint density at radius 1 is 1.09 bits per heavy atom. The predicted octanol–water partition coefficient (Wildman–Crippen LogP) is 3.19. The molecule has 0 aromatic heterocycles. The minimum atomic E-state index is -0.275. The molecule has 0 spiro atoms. The summed E-state index contributed by atoms with van der Waals surface area (Å²) >= 11 is 0. The van der Waals surface area contributed by atoms with Crippen molar-refractivity contribution in [2.24, 2.45) is 0 Å². The first-order valence-electron chi connectivity index (χ1n) is 7.86. The molecule has 4 heteroatoms. The van der Waals surface area contributed by atoms with Gasteiger partial charge in [0.25, 0.3) is 0 Å². The summed E-state index contributed by atoms with van der Waals surface area (Å²) in [6, 6.07) is 9.58. The molecule has 23 heavy (non-hydrogen) atoms. The maximum absolute atomic E-state index is 11.9. The fraction of sp³-hybridized carbons (Fsp3) is 0.368. The van der Waals surface area contributed by atoms with Gasteiger partial charge in [-0.1, -0.05) is 42.5 Å². The molecular formula is C19H25NO3. The van der Waals surface area contributed by atoms with Crippen molar-refractivity contribution in [1.29, 1.82) is 0 Å². The smallest absolute Gasteiger partial charge is 0.306 e. The number of allylic oxidation sites excluding steroid dienone is 2. The molecule has 0 aliphatic rings. The number of hydrogen-bond donors (Lipinski definition) is 1. The monoisotopic (exact) mass is 315 g/mol. The van der Waals surface area contributed by atoms with Crippen LogP contribution in [0.3, 0.4) is 0 Å². The Kier molecular flexibility index (Phi) is 9.13. The molecule has 0 aliphatic heterocycles. The fourth-order valence-electron chi connectivity index (χ4n) is 2.07. The van der Waals surface area contributed by atoms with E-state index in [2.05, 4.69) is 18.5 Å². The van der Waals surface area contributed by atoms with Crippen molar-refractivity contribution in [1.82, 2.24) is 5.32 Å². The molecule has 124 valence electrons. The highest BCUT2D eigenvalue weighted by atomic mass is 16.5. The molecule has 0 saturated heterocycles. The van der Waals surface area contributed by atoms with Crippen LogP contribution < -0.4 is 5.32 Å². The van der Waals surface area contributed by atoms with E-state index in [-0.39, 0.29) is 24.5 Å². The topological polar surface area (TPSA) is 55.4 Å². The Hall–Kier alpha value is -2.36. The number of amides is 1. The van der Waals surface area contributed by atoms with Crippen LogP contribution in [-0.4, -0.2) is 24.5 Å². The molecule has 0 radical (unpaired) electrons. The van der Waals surface area contributed by atoms with Gasteiger partial charge in [0.05, 0.1) is 6.04 Å². The molecule has 0 heterocycles. The van der Waals surface area contributed by atoms with Crippen LogP contribution >= 0.6 is 0 Å². The maximum Gasteiger partial charge on any atom is 0.306 e. The standard InChI is InChI=1S/C19H25NO3/c1-3-5-12-18(21)20-17(14-16-10-8-7-9-11-16)15-23-19(22)13-6-4-2/h3-4,7-11,17H,1-2,5-6,12-15H2,(H,20,21)/t17-/m0/s1. The van der Waals surface area contributed by atoms with E-state index in [4.69, 9.17) is 4.74 Å². The Balaban J connectivity index is 2.56. The van der Waals surface area contributed by atoms with Gasteiger partial charge in [0, 0.05) is 12.8 Å². The van der Waals surface area contributed by atoms with Crippen LogP contribution in [0, 0.1) is 0 Å². The Bertz CT molecular complexity index is 511. The van der Waals surface area contributed by atoms with Gasteiger partial charge in [-0.15, -0.1) is 13.2 Å². The molecule has 0 saturated carbocycles. The summed E-state index contributed by atoms with van der Waals surface area (Å²) in [7, 11) is 0. The van der Waals surface area contributed by atoms with E-state index in [0.717, 1.165) is 5.56 Å². The second kappa shape index (κ2) is 11.2. The van der Waals surface area contributed by atoms with E-state index in [0.29, 0.717) is 32.1 Å². The van der Waals surface area contributed by atoms with Crippen LogP contribution in [0.15, 0.2) is 55.6 Å². The molecule has 0 aliphatic carbocycles. The third kappa shape index (κ3) is 8.61. The number of carbonyl (C=O) groups excluding carboxylic acids is 2. The Morgan fingerprint density at radius 3 is 2.39 bits per heavy atom. The van der Waals surface area contributed by atoms with E-state index in [1.165, 1.54) is 0 Å². The van der Waals surface area contributed by atoms with E-state index in [1.807, 2.05) is 30.3 Å². The summed E-state index contributed by atoms with van der Waals surface area (Å²) in [6.07, 6.45) is 5.93. The van der Waals surface area contributed by atoms with E-state index in [9.17, 15) is 9.59 Å². The first-order valence-corrected chi connectivity index (χ1v) is 7.86. The van der Waals surface area contributed by atoms with E-state index >= 15 is 0 Å². The van der Waals surface area contributed by atoms with Crippen molar-refractivity contribution in [3.05, 3.63) is 61.2 Å². The van der Waals surface area contributed by atoms with Crippen LogP contribution in [-0.2, 0) is 20.7 Å². The van der Waals surface area contributed by atoms with Crippen LogP contribution in [0.4, 0.5) is 0 Å². The lowest BCUT2D eigenvalue weighted by Crippen LogP contribution is -2.40. The van der Waals surface area contributed by atoms with Gasteiger partial charge < -0.3 is 10.1 Å². The maximum atomic E-state index is 11.9. The first kappa shape index (κ1) is 18.7. The molecule has 1 N–H and O–H groups in total. The lowest BCUT2D eigenvalue weighted by molar-refractivity contribution is -0.145. The third-order valence-electron chi connectivity index (χ3n) is 3.26. The van der Waals surface area contributed by atoms with Crippen molar-refractivity contribution in [3.8, 4) is 0 Å². The second-order valence-electron chi connectivity index (χ2n) is 5.29. The number of carbonyl (C=O) groups is 2. The average Bonchev–Trinajstić information content (AvgIpc) is 2.56. The van der Waals surface area contributed by atoms with E-state index < -0.39 is 0 Å². The zero-order valence-electron chi connectivity index (χ0n) is 13.5. The normalized spacial score (nSPS) is 11.3. The van der Waals surface area contributed by atoms with Gasteiger partial charge in [0.2, 0.25) is 5.91 Å². The van der Waals surface area contributed by atoms with Gasteiger partial charge in [0.15, 0.2) is 0 Å². The van der Waals surface area contributed by atoms with Crippen LogP contribution in [0.25, 0.3) is 0 Å². The Morgan fingerprint density at radius 2 is 1.74 bits per heavy atom. The summed E-state index contributed by atoms with van der Waals surface area (Å²) in [5.74, 6) is -0.337. The summed E-state index contributed by atoms with van der Waals surface area (Å²) in [6.45, 7) is 7.36. The molecule has 0 fully saturated rings. The summed E-state index contributed by atoms with van der Waals surface area (Å²) < 4.78 is 5.26. The highest BCUT2D eigenvalue weighted by Crippen LogP contribution is 2.05. The third-order valence-corrected chi connectivity index (χ3v) is 3.26. The summed E-state index contributed by atoms with van der Waals surface area (Å²) in [5, 5.41) is 2.93. The van der Waals surface area contributed by atoms with Crippen molar-refractivity contribution in [2.75, 3.05) is 6.61 Å². The van der Waals surface area contributed by atoms with Gasteiger partial charge in [-0.25, -0.2) is 0 Å². The van der Waals surface area contributed by atoms with Gasteiger partial charge in [-0.05, 0) is 24.8 Å². The van der Waals surface area contributed by atoms with E-state index in [1.54, 1.807) is 12.2 Å². The van der Waals surface area contributed by atoms with Crippen molar-refractivity contribution in [2.45, 2.75) is 38.1 Å². The quantitative estimate of drug-likeness (QED) is 0.504. The second-order valence-corrected chi connectivity index (χ2v) is 5.29. The fourth-order valence-corrected chi connectivity index (χ4v) is 2.07. The number of hydrogen-bond acceptors (Lipinski definition) is 3. The molecule has 1 aromatic rings. The van der Waals surface area contributed by atoms with Crippen LogP contribution in [0.1, 0.15) is 31.2 Å². The molecule has 4 nitrogen and oxygen atoms in total. The Labute approximate surface area is 138 Å². The zero-order valence-corrected chi connectivity index (χ0v) is 13.5. The number of nitrogens with one attached hydrogen (secondary N) is 1. The molecule has 0 unspecified atom stereocenters. The number of rotatable bonds is 11. The van der Waals surface area contributed by atoms with Crippen molar-refractivity contribution < 1.29 is 14.3 Å². The number of ether oxygens (including phenoxy) is 1. The van der Waals surface area contributed by atoms with Gasteiger partial charge in [-0.3, -0.25) is 9.59 Å².